The molecule has 0 radical (unpaired) electrons. The van der Waals surface area contributed by atoms with Crippen LogP contribution in [0.5, 0.6) is 0 Å². The summed E-state index contributed by atoms with van der Waals surface area (Å²) in [5.74, 6) is 0. The molecule has 0 heterocycles. The first-order valence-electron chi connectivity index (χ1n) is 8.71. The van der Waals surface area contributed by atoms with Gasteiger partial charge in [0.25, 0.3) is 11.4 Å². The number of carbonyl (C=O) groups excluding carboxylic acids is 1. The first-order valence-corrected chi connectivity index (χ1v) is 8.71. The Bertz CT molecular complexity index is 802. The minimum atomic E-state index is -0.505. The summed E-state index contributed by atoms with van der Waals surface area (Å²) in [5, 5.41) is 20.5. The topological polar surface area (TPSA) is 129 Å². The largest absolute Gasteiger partial charge is 0.324 e. The van der Waals surface area contributed by atoms with Crippen molar-refractivity contribution in [1.29, 1.82) is 0 Å². The van der Waals surface area contributed by atoms with Gasteiger partial charge in [-0.2, -0.15) is 0 Å². The Hall–Kier alpha value is -3.65. The van der Waals surface area contributed by atoms with Crippen LogP contribution in [0.15, 0.2) is 73.8 Å². The molecule has 0 aliphatic carbocycles. The van der Waals surface area contributed by atoms with Crippen LogP contribution < -0.4 is 5.73 Å². The van der Waals surface area contributed by atoms with E-state index in [2.05, 4.69) is 20.1 Å². The van der Waals surface area contributed by atoms with Gasteiger partial charge in [-0.25, -0.2) is 0 Å². The van der Waals surface area contributed by atoms with Crippen LogP contribution in [0.1, 0.15) is 41.7 Å². The van der Waals surface area contributed by atoms with Crippen LogP contribution in [-0.4, -0.2) is 16.1 Å². The van der Waals surface area contributed by atoms with Crippen LogP contribution in [0.3, 0.4) is 0 Å². The summed E-state index contributed by atoms with van der Waals surface area (Å²) < 4.78 is 0. The summed E-state index contributed by atoms with van der Waals surface area (Å²) in [6.07, 6.45) is 5.99. The van der Waals surface area contributed by atoms with Crippen molar-refractivity contribution in [2.24, 2.45) is 5.73 Å². The molecular formula is C21H25N3O5. The molecule has 0 aliphatic heterocycles. The lowest BCUT2D eigenvalue weighted by atomic mass is 10.0. The van der Waals surface area contributed by atoms with Gasteiger partial charge in [0.05, 0.1) is 9.85 Å². The van der Waals surface area contributed by atoms with E-state index in [0.717, 1.165) is 12.0 Å². The van der Waals surface area contributed by atoms with E-state index in [1.54, 1.807) is 18.2 Å². The lowest BCUT2D eigenvalue weighted by molar-refractivity contribution is -0.385. The molecule has 2 N–H and O–H groups in total. The van der Waals surface area contributed by atoms with Crippen molar-refractivity contribution < 1.29 is 14.6 Å². The molecule has 0 amide bonds. The summed E-state index contributed by atoms with van der Waals surface area (Å²) in [7, 11) is 0. The minimum Gasteiger partial charge on any atom is -0.324 e. The minimum absolute atomic E-state index is 0.00407. The highest BCUT2D eigenvalue weighted by atomic mass is 16.6. The molecule has 0 bridgehead atoms. The average Bonchev–Trinajstić information content (AvgIpc) is 2.74. The van der Waals surface area contributed by atoms with Crippen LogP contribution in [0.4, 0.5) is 11.4 Å². The monoisotopic (exact) mass is 399 g/mol. The van der Waals surface area contributed by atoms with Crippen molar-refractivity contribution >= 4 is 17.7 Å². The van der Waals surface area contributed by atoms with Gasteiger partial charge in [-0.3, -0.25) is 25.0 Å². The molecule has 0 fully saturated rings. The Morgan fingerprint density at radius 2 is 1.34 bits per heavy atom. The van der Waals surface area contributed by atoms with Gasteiger partial charge in [0, 0.05) is 35.9 Å². The number of rotatable bonds is 7. The van der Waals surface area contributed by atoms with Gasteiger partial charge < -0.3 is 5.73 Å². The average molecular weight is 399 g/mol. The smallest absolute Gasteiger partial charge is 0.269 e. The van der Waals surface area contributed by atoms with Crippen LogP contribution in [0, 0.1) is 20.2 Å². The van der Waals surface area contributed by atoms with E-state index in [-0.39, 0.29) is 17.4 Å². The second kappa shape index (κ2) is 14.4. The molecule has 0 saturated carbocycles. The number of hydrogen-bond donors (Lipinski definition) is 1. The Morgan fingerprint density at radius 3 is 1.66 bits per heavy atom. The predicted molar refractivity (Wildman–Crippen MR) is 114 cm³/mol. The van der Waals surface area contributed by atoms with Crippen molar-refractivity contribution in [3.05, 3.63) is 105 Å². The van der Waals surface area contributed by atoms with Crippen LogP contribution >= 0.6 is 0 Å². The van der Waals surface area contributed by atoms with E-state index in [9.17, 15) is 25.0 Å². The maximum Gasteiger partial charge on any atom is 0.269 e. The SMILES string of the molecule is C=CCC.C=CCC(N)c1ccc([N+](=O)[O-])cc1.O=Cc1ccc([N+](=O)[O-])cc1. The summed E-state index contributed by atoms with van der Waals surface area (Å²) in [5.41, 5.74) is 7.19. The normalized spacial score (nSPS) is 10.1. The van der Waals surface area contributed by atoms with E-state index in [0.29, 0.717) is 18.3 Å². The van der Waals surface area contributed by atoms with E-state index in [1.807, 2.05) is 6.08 Å². The van der Waals surface area contributed by atoms with Crippen molar-refractivity contribution in [1.82, 2.24) is 0 Å². The third-order valence-corrected chi connectivity index (χ3v) is 3.48. The molecule has 0 saturated heterocycles. The second-order valence-corrected chi connectivity index (χ2v) is 5.64. The maximum absolute atomic E-state index is 10.4. The number of nitrogens with two attached hydrogens (primary N) is 1. The fraction of sp³-hybridized carbons (Fsp3) is 0.190. The maximum atomic E-state index is 10.4. The summed E-state index contributed by atoms with van der Waals surface area (Å²) in [6, 6.07) is 11.5. The molecular weight excluding hydrogens is 374 g/mol. The fourth-order valence-corrected chi connectivity index (χ4v) is 1.83. The zero-order chi connectivity index (χ0) is 22.2. The van der Waals surface area contributed by atoms with Crippen molar-refractivity contribution in [3.8, 4) is 0 Å². The van der Waals surface area contributed by atoms with Gasteiger partial charge in [0.1, 0.15) is 6.29 Å². The van der Waals surface area contributed by atoms with Crippen LogP contribution in [0.2, 0.25) is 0 Å². The molecule has 29 heavy (non-hydrogen) atoms. The molecule has 154 valence electrons. The molecule has 0 aromatic heterocycles. The number of hydrogen-bond acceptors (Lipinski definition) is 6. The Labute approximate surface area is 169 Å². The third-order valence-electron chi connectivity index (χ3n) is 3.48. The van der Waals surface area contributed by atoms with Crippen molar-refractivity contribution in [3.63, 3.8) is 0 Å². The second-order valence-electron chi connectivity index (χ2n) is 5.64. The van der Waals surface area contributed by atoms with Crippen molar-refractivity contribution in [2.75, 3.05) is 0 Å². The molecule has 0 aliphatic rings. The summed E-state index contributed by atoms with van der Waals surface area (Å²) in [6.45, 7) is 9.13. The lowest BCUT2D eigenvalue weighted by Crippen LogP contribution is -2.08. The van der Waals surface area contributed by atoms with Gasteiger partial charge >= 0.3 is 0 Å². The number of benzene rings is 2. The fourth-order valence-electron chi connectivity index (χ4n) is 1.83. The number of nitrogens with zero attached hydrogens (tertiary/aromatic N) is 2. The van der Waals surface area contributed by atoms with Crippen molar-refractivity contribution in [2.45, 2.75) is 25.8 Å². The van der Waals surface area contributed by atoms with Crippen LogP contribution in [0.25, 0.3) is 0 Å². The number of non-ortho nitro benzene ring substituents is 2. The number of aldehydes is 1. The highest BCUT2D eigenvalue weighted by Gasteiger charge is 2.07. The predicted octanol–water partition coefficient (Wildman–Crippen LogP) is 5.16. The first-order chi connectivity index (χ1) is 13.8. The van der Waals surface area contributed by atoms with E-state index in [1.165, 1.54) is 36.4 Å². The molecule has 0 spiro atoms. The lowest BCUT2D eigenvalue weighted by Gasteiger charge is -2.08. The zero-order valence-electron chi connectivity index (χ0n) is 16.3. The highest BCUT2D eigenvalue weighted by molar-refractivity contribution is 5.75. The summed E-state index contributed by atoms with van der Waals surface area (Å²) >= 11 is 0. The van der Waals surface area contributed by atoms with Crippen LogP contribution in [-0.2, 0) is 0 Å². The number of allylic oxidation sites excluding steroid dienone is 1. The number of nitro benzene ring substituents is 2. The van der Waals surface area contributed by atoms with Gasteiger partial charge in [-0.15, -0.1) is 13.2 Å². The molecule has 8 nitrogen and oxygen atoms in total. The van der Waals surface area contributed by atoms with E-state index in [4.69, 9.17) is 5.73 Å². The Kier molecular flexibility index (Phi) is 12.6. The number of carbonyl (C=O) groups is 1. The first kappa shape index (κ1) is 25.4. The molecule has 2 rings (SSSR count). The molecule has 1 atom stereocenters. The van der Waals surface area contributed by atoms with E-state index < -0.39 is 9.85 Å². The molecule has 8 heteroatoms. The van der Waals surface area contributed by atoms with Gasteiger partial charge in [-0.05, 0) is 30.5 Å². The molecule has 2 aromatic rings. The van der Waals surface area contributed by atoms with Gasteiger partial charge in [0.2, 0.25) is 0 Å². The van der Waals surface area contributed by atoms with Gasteiger partial charge in [-0.1, -0.05) is 31.2 Å². The number of nitro groups is 2. The molecule has 1 unspecified atom stereocenters. The summed E-state index contributed by atoms with van der Waals surface area (Å²) in [4.78, 5) is 29.7. The standard InChI is InChI=1S/C10H12N2O2.C7H5NO3.C4H8/c1-2-3-10(11)8-4-6-9(7-5-8)12(13)14;9-5-6-1-3-7(4-2-6)8(10)11;1-3-4-2/h2,4-7,10H,1,3,11H2;1-5H;3H,1,4H2,2H3. The Balaban J connectivity index is 0.000000466. The van der Waals surface area contributed by atoms with E-state index >= 15 is 0 Å². The third kappa shape index (κ3) is 10.3. The Morgan fingerprint density at radius 1 is 0.931 bits per heavy atom. The zero-order valence-corrected chi connectivity index (χ0v) is 16.3. The quantitative estimate of drug-likeness (QED) is 0.296. The van der Waals surface area contributed by atoms with Gasteiger partial charge in [0.15, 0.2) is 0 Å². The molecule has 2 aromatic carbocycles. The highest BCUT2D eigenvalue weighted by Crippen LogP contribution is 2.18.